The highest BCUT2D eigenvalue weighted by Crippen LogP contribution is 2.29. The second-order valence-corrected chi connectivity index (χ2v) is 4.07. The van der Waals surface area contributed by atoms with Gasteiger partial charge in [0.25, 0.3) is 5.69 Å². The van der Waals surface area contributed by atoms with Gasteiger partial charge in [-0.2, -0.15) is 5.10 Å². The molecule has 0 radical (unpaired) electrons. The second-order valence-electron chi connectivity index (χ2n) is 2.82. The minimum absolute atomic E-state index is 0.0270. The zero-order valence-electron chi connectivity index (χ0n) is 8.18. The number of hydrogen-bond donors (Lipinski definition) is 2. The van der Waals surface area contributed by atoms with Crippen LogP contribution in [-0.2, 0) is 0 Å². The van der Waals surface area contributed by atoms with Gasteiger partial charge in [-0.3, -0.25) is 15.5 Å². The van der Waals surface area contributed by atoms with Crippen molar-refractivity contribution >= 4 is 52.4 Å². The molecule has 0 heterocycles. The van der Waals surface area contributed by atoms with Gasteiger partial charge in [0.2, 0.25) is 0 Å². The fourth-order valence-corrected chi connectivity index (χ4v) is 1.51. The molecule has 0 unspecified atom stereocenters. The van der Waals surface area contributed by atoms with Gasteiger partial charge < -0.3 is 5.73 Å². The molecule has 9 heteroatoms. The Morgan fingerprint density at radius 1 is 1.53 bits per heavy atom. The predicted molar refractivity (Wildman–Crippen MR) is 70.6 cm³/mol. The lowest BCUT2D eigenvalue weighted by Crippen LogP contribution is -2.24. The molecule has 0 aliphatic heterocycles. The van der Waals surface area contributed by atoms with Crippen molar-refractivity contribution in [1.82, 2.24) is 5.43 Å². The van der Waals surface area contributed by atoms with Gasteiger partial charge in [-0.15, -0.1) is 0 Å². The third-order valence-corrected chi connectivity index (χ3v) is 2.36. The van der Waals surface area contributed by atoms with Crippen LogP contribution in [0.5, 0.6) is 0 Å². The lowest BCUT2D eigenvalue weighted by atomic mass is 10.2. The van der Waals surface area contributed by atoms with Crippen molar-refractivity contribution in [2.75, 3.05) is 0 Å². The number of nitrogens with zero attached hydrogens (tertiary/aromatic N) is 2. The van der Waals surface area contributed by atoms with E-state index >= 15 is 0 Å². The fourth-order valence-electron chi connectivity index (χ4n) is 0.958. The van der Waals surface area contributed by atoms with Crippen molar-refractivity contribution in [2.24, 2.45) is 10.8 Å². The van der Waals surface area contributed by atoms with Gasteiger partial charge in [-0.05, 0) is 18.3 Å². The van der Waals surface area contributed by atoms with E-state index in [-0.39, 0.29) is 20.8 Å². The minimum atomic E-state index is -0.614. The first kappa shape index (κ1) is 13.6. The highest BCUT2D eigenvalue weighted by molar-refractivity contribution is 7.80. The van der Waals surface area contributed by atoms with E-state index in [0.717, 1.165) is 0 Å². The average molecular weight is 293 g/mol. The highest BCUT2D eigenvalue weighted by atomic mass is 35.5. The number of hydrogen-bond acceptors (Lipinski definition) is 4. The zero-order chi connectivity index (χ0) is 13.0. The molecule has 90 valence electrons. The Bertz CT molecular complexity index is 507. The lowest BCUT2D eigenvalue weighted by Gasteiger charge is -2.00. The van der Waals surface area contributed by atoms with Crippen LogP contribution in [0.4, 0.5) is 5.69 Å². The third kappa shape index (κ3) is 3.81. The molecule has 0 aromatic heterocycles. The smallest absolute Gasteiger partial charge is 0.288 e. The topological polar surface area (TPSA) is 93.5 Å². The zero-order valence-corrected chi connectivity index (χ0v) is 10.5. The molecule has 0 fully saturated rings. The van der Waals surface area contributed by atoms with Crippen LogP contribution >= 0.6 is 35.4 Å². The lowest BCUT2D eigenvalue weighted by molar-refractivity contribution is -0.384. The summed E-state index contributed by atoms with van der Waals surface area (Å²) in [5.41, 5.74) is 7.51. The van der Waals surface area contributed by atoms with Gasteiger partial charge in [0, 0.05) is 11.6 Å². The normalized spacial score (nSPS) is 10.5. The molecule has 17 heavy (non-hydrogen) atoms. The maximum Gasteiger partial charge on any atom is 0.288 e. The first-order valence-corrected chi connectivity index (χ1v) is 5.30. The average Bonchev–Trinajstić information content (AvgIpc) is 2.20. The van der Waals surface area contributed by atoms with Crippen LogP contribution in [0.3, 0.4) is 0 Å². The Hall–Kier alpha value is -1.44. The molecule has 1 aromatic rings. The summed E-state index contributed by atoms with van der Waals surface area (Å²) in [6.45, 7) is 0. The van der Waals surface area contributed by atoms with Gasteiger partial charge >= 0.3 is 0 Å². The Balaban J connectivity index is 3.07. The van der Waals surface area contributed by atoms with E-state index in [2.05, 4.69) is 22.7 Å². The second kappa shape index (κ2) is 5.76. The van der Waals surface area contributed by atoms with E-state index < -0.39 is 4.92 Å². The van der Waals surface area contributed by atoms with Crippen molar-refractivity contribution in [3.63, 3.8) is 0 Å². The van der Waals surface area contributed by atoms with E-state index in [4.69, 9.17) is 28.9 Å². The summed E-state index contributed by atoms with van der Waals surface area (Å²) in [6.07, 6.45) is 1.25. The highest BCUT2D eigenvalue weighted by Gasteiger charge is 2.15. The summed E-state index contributed by atoms with van der Waals surface area (Å²) in [7, 11) is 0. The number of nitro groups is 1. The molecular formula is C8H6Cl2N4O2S. The van der Waals surface area contributed by atoms with Gasteiger partial charge in [0.1, 0.15) is 5.02 Å². The maximum atomic E-state index is 10.6. The van der Waals surface area contributed by atoms with Crippen molar-refractivity contribution < 1.29 is 4.92 Å². The molecule has 0 aliphatic rings. The monoisotopic (exact) mass is 292 g/mol. The number of hydrazone groups is 1. The van der Waals surface area contributed by atoms with Crippen LogP contribution in [0.15, 0.2) is 17.2 Å². The summed E-state index contributed by atoms with van der Waals surface area (Å²) in [5.74, 6) is 0. The Morgan fingerprint density at radius 2 is 2.18 bits per heavy atom. The predicted octanol–water partition coefficient (Wildman–Crippen LogP) is 2.07. The molecule has 0 amide bonds. The van der Waals surface area contributed by atoms with Gasteiger partial charge in [-0.1, -0.05) is 23.2 Å². The van der Waals surface area contributed by atoms with Crippen LogP contribution in [0.1, 0.15) is 5.56 Å². The Labute approximate surface area is 112 Å². The van der Waals surface area contributed by atoms with Crippen molar-refractivity contribution in [3.8, 4) is 0 Å². The van der Waals surface area contributed by atoms with Crippen molar-refractivity contribution in [2.45, 2.75) is 0 Å². The maximum absolute atomic E-state index is 10.6. The largest absolute Gasteiger partial charge is 0.375 e. The summed E-state index contributed by atoms with van der Waals surface area (Å²) < 4.78 is 0. The van der Waals surface area contributed by atoms with Crippen LogP contribution in [0.25, 0.3) is 0 Å². The van der Waals surface area contributed by atoms with Crippen LogP contribution in [0, 0.1) is 10.1 Å². The van der Waals surface area contributed by atoms with Gasteiger partial charge in [0.15, 0.2) is 5.11 Å². The minimum Gasteiger partial charge on any atom is -0.375 e. The number of nitrogens with one attached hydrogen (secondary N) is 1. The van der Waals surface area contributed by atoms with Crippen molar-refractivity contribution in [1.29, 1.82) is 0 Å². The third-order valence-electron chi connectivity index (χ3n) is 1.64. The molecule has 0 saturated carbocycles. The van der Waals surface area contributed by atoms with E-state index in [1.54, 1.807) is 0 Å². The first-order chi connectivity index (χ1) is 7.91. The first-order valence-electron chi connectivity index (χ1n) is 4.13. The fraction of sp³-hybridized carbons (Fsp3) is 0. The van der Waals surface area contributed by atoms with E-state index in [0.29, 0.717) is 5.56 Å². The molecule has 0 atom stereocenters. The molecule has 0 aliphatic carbocycles. The van der Waals surface area contributed by atoms with Crippen LogP contribution < -0.4 is 11.2 Å². The number of thiocarbonyl (C=S) groups is 1. The molecule has 1 rings (SSSR count). The number of rotatable bonds is 3. The molecule has 1 aromatic carbocycles. The van der Waals surface area contributed by atoms with E-state index in [1.807, 2.05) is 0 Å². The molecule has 6 nitrogen and oxygen atoms in total. The molecular weight excluding hydrogens is 287 g/mol. The number of halogens is 2. The summed E-state index contributed by atoms with van der Waals surface area (Å²) in [5, 5.41) is 14.4. The Kier molecular flexibility index (Phi) is 4.62. The molecule has 3 N–H and O–H groups in total. The number of nitrogens with two attached hydrogens (primary N) is 1. The Morgan fingerprint density at radius 3 is 2.71 bits per heavy atom. The molecule has 0 saturated heterocycles. The quantitative estimate of drug-likeness (QED) is 0.385. The standard InChI is InChI=1S/C8H6Cl2N4O2S/c9-5-2-6(10)7(14(15)16)1-4(5)3-12-13-8(11)17/h1-3H,(H3,11,13,17). The summed E-state index contributed by atoms with van der Waals surface area (Å²) >= 11 is 16.0. The van der Waals surface area contributed by atoms with Gasteiger partial charge in [0.05, 0.1) is 16.2 Å². The number of benzene rings is 1. The number of nitro benzene ring substituents is 1. The summed E-state index contributed by atoms with van der Waals surface area (Å²) in [4.78, 5) is 10.0. The van der Waals surface area contributed by atoms with Gasteiger partial charge in [-0.25, -0.2) is 0 Å². The SMILES string of the molecule is NC(=S)NN=Cc1cc([N+](=O)[O-])c(Cl)cc1Cl. The van der Waals surface area contributed by atoms with Crippen molar-refractivity contribution in [3.05, 3.63) is 37.9 Å². The summed E-state index contributed by atoms with van der Waals surface area (Å²) in [6, 6.07) is 2.47. The van der Waals surface area contributed by atoms with Crippen LogP contribution in [0.2, 0.25) is 10.0 Å². The molecule has 0 spiro atoms. The van der Waals surface area contributed by atoms with E-state index in [9.17, 15) is 10.1 Å². The van der Waals surface area contributed by atoms with E-state index in [1.165, 1.54) is 18.3 Å². The van der Waals surface area contributed by atoms with Crippen LogP contribution in [-0.4, -0.2) is 16.3 Å². The molecule has 0 bridgehead atoms.